The first kappa shape index (κ1) is 18.9. The van der Waals surface area contributed by atoms with Crippen LogP contribution in [0.5, 0.6) is 5.75 Å². The lowest BCUT2D eigenvalue weighted by Gasteiger charge is -2.19. The normalized spacial score (nSPS) is 15.0. The van der Waals surface area contributed by atoms with Crippen LogP contribution < -0.4 is 10.1 Å². The van der Waals surface area contributed by atoms with Crippen molar-refractivity contribution in [2.45, 2.75) is 32.7 Å². The number of nitro groups is 1. The van der Waals surface area contributed by atoms with Gasteiger partial charge in [0.25, 0.3) is 5.69 Å². The molecule has 0 atom stereocenters. The number of nitrogens with zero attached hydrogens (tertiary/aromatic N) is 1. The molecule has 0 aromatic heterocycles. The highest BCUT2D eigenvalue weighted by atomic mass is 16.7. The van der Waals surface area contributed by atoms with E-state index in [1.54, 1.807) is 20.8 Å². The van der Waals surface area contributed by atoms with Gasteiger partial charge >= 0.3 is 6.09 Å². The summed E-state index contributed by atoms with van der Waals surface area (Å²) in [6, 6.07) is 4.35. The monoisotopic (exact) mass is 354 g/mol. The number of hydrogen-bond donors (Lipinski definition) is 1. The van der Waals surface area contributed by atoms with Crippen molar-refractivity contribution in [1.29, 1.82) is 0 Å². The number of benzene rings is 1. The summed E-state index contributed by atoms with van der Waals surface area (Å²) in [6.07, 6.45) is -1.31. The predicted octanol–water partition coefficient (Wildman–Crippen LogP) is 2.54. The van der Waals surface area contributed by atoms with Gasteiger partial charge in [-0.25, -0.2) is 4.79 Å². The minimum atomic E-state index is -0.774. The quantitative estimate of drug-likeness (QED) is 0.475. The zero-order valence-corrected chi connectivity index (χ0v) is 14.4. The van der Waals surface area contributed by atoms with Crippen molar-refractivity contribution in [2.75, 3.05) is 26.4 Å². The topological polar surface area (TPSA) is 109 Å². The molecule has 0 saturated carbocycles. The highest BCUT2D eigenvalue weighted by molar-refractivity contribution is 5.67. The lowest BCUT2D eigenvalue weighted by molar-refractivity contribution is -0.386. The van der Waals surface area contributed by atoms with E-state index in [9.17, 15) is 14.9 Å². The number of ether oxygens (including phenoxy) is 4. The van der Waals surface area contributed by atoms with Crippen molar-refractivity contribution >= 4 is 11.8 Å². The summed E-state index contributed by atoms with van der Waals surface area (Å²) >= 11 is 0. The van der Waals surface area contributed by atoms with E-state index < -0.39 is 22.9 Å². The Kier molecular flexibility index (Phi) is 6.16. The minimum absolute atomic E-state index is 0.0915. The average molecular weight is 354 g/mol. The summed E-state index contributed by atoms with van der Waals surface area (Å²) in [7, 11) is 0. The summed E-state index contributed by atoms with van der Waals surface area (Å²) < 4.78 is 21.3. The number of nitro benzene ring substituents is 1. The van der Waals surface area contributed by atoms with E-state index in [0.717, 1.165) is 0 Å². The van der Waals surface area contributed by atoms with Gasteiger partial charge in [-0.05, 0) is 32.9 Å². The highest BCUT2D eigenvalue weighted by Crippen LogP contribution is 2.33. The Bertz CT molecular complexity index is 621. The molecule has 1 saturated heterocycles. The van der Waals surface area contributed by atoms with Gasteiger partial charge in [0.15, 0.2) is 6.29 Å². The number of carbonyl (C=O) groups excluding carboxylic acids is 1. The number of rotatable bonds is 6. The maximum absolute atomic E-state index is 11.5. The molecular formula is C16H22N2O7. The number of amides is 1. The Hall–Kier alpha value is -2.39. The van der Waals surface area contributed by atoms with E-state index in [4.69, 9.17) is 18.9 Å². The van der Waals surface area contributed by atoms with Crippen molar-refractivity contribution < 1.29 is 28.7 Å². The molecule has 0 aliphatic carbocycles. The van der Waals surface area contributed by atoms with Gasteiger partial charge in [-0.3, -0.25) is 10.1 Å². The van der Waals surface area contributed by atoms with Crippen LogP contribution in [-0.2, 0) is 14.2 Å². The third kappa shape index (κ3) is 5.87. The molecule has 138 valence electrons. The fraction of sp³-hybridized carbons (Fsp3) is 0.562. The van der Waals surface area contributed by atoms with Crippen LogP contribution in [0.2, 0.25) is 0 Å². The van der Waals surface area contributed by atoms with Gasteiger partial charge in [-0.15, -0.1) is 0 Å². The van der Waals surface area contributed by atoms with Crippen molar-refractivity contribution in [3.63, 3.8) is 0 Å². The molecule has 1 aromatic rings. The molecule has 1 aromatic carbocycles. The molecule has 25 heavy (non-hydrogen) atoms. The molecule has 9 heteroatoms. The van der Waals surface area contributed by atoms with Crippen LogP contribution >= 0.6 is 0 Å². The van der Waals surface area contributed by atoms with Crippen LogP contribution in [0.3, 0.4) is 0 Å². The molecule has 1 N–H and O–H groups in total. The smallest absolute Gasteiger partial charge is 0.407 e. The number of carbonyl (C=O) groups is 1. The molecule has 1 heterocycles. The first-order valence-corrected chi connectivity index (χ1v) is 7.87. The van der Waals surface area contributed by atoms with Crippen LogP contribution in [0.15, 0.2) is 18.2 Å². The minimum Gasteiger partial charge on any atom is -0.492 e. The third-order valence-electron chi connectivity index (χ3n) is 3.11. The van der Waals surface area contributed by atoms with Gasteiger partial charge in [0, 0.05) is 6.07 Å². The second kappa shape index (κ2) is 8.13. The molecule has 0 radical (unpaired) electrons. The average Bonchev–Trinajstić information content (AvgIpc) is 3.03. The number of alkyl carbamates (subject to hydrolysis) is 1. The third-order valence-corrected chi connectivity index (χ3v) is 3.11. The molecule has 9 nitrogen and oxygen atoms in total. The second-order valence-corrected chi connectivity index (χ2v) is 6.33. The molecule has 0 spiro atoms. The lowest BCUT2D eigenvalue weighted by Crippen LogP contribution is -2.34. The van der Waals surface area contributed by atoms with E-state index in [2.05, 4.69) is 5.32 Å². The second-order valence-electron chi connectivity index (χ2n) is 6.33. The zero-order chi connectivity index (χ0) is 18.4. The summed E-state index contributed by atoms with van der Waals surface area (Å²) in [5, 5.41) is 13.7. The Balaban J connectivity index is 1.91. The van der Waals surface area contributed by atoms with Crippen molar-refractivity contribution in [2.24, 2.45) is 0 Å². The molecule has 0 unspecified atom stereocenters. The Morgan fingerprint density at radius 2 is 2.04 bits per heavy atom. The van der Waals surface area contributed by atoms with E-state index >= 15 is 0 Å². The fourth-order valence-electron chi connectivity index (χ4n) is 2.15. The van der Waals surface area contributed by atoms with E-state index in [0.29, 0.717) is 24.5 Å². The van der Waals surface area contributed by atoms with Gasteiger partial charge in [0.05, 0.1) is 30.2 Å². The van der Waals surface area contributed by atoms with Crippen LogP contribution in [0, 0.1) is 10.1 Å². The van der Waals surface area contributed by atoms with Gasteiger partial charge < -0.3 is 24.3 Å². The standard InChI is InChI=1S/C16H22N2O7/c1-16(2,3)25-15(19)17-6-7-22-11-4-5-13(18(20)21)12(10-11)14-23-8-9-24-14/h4-5,10,14H,6-9H2,1-3H3,(H,17,19). The van der Waals surface area contributed by atoms with Crippen LogP contribution in [0.25, 0.3) is 0 Å². The van der Waals surface area contributed by atoms with Gasteiger partial charge in [-0.1, -0.05) is 0 Å². The van der Waals surface area contributed by atoms with E-state index in [-0.39, 0.29) is 18.8 Å². The Morgan fingerprint density at radius 1 is 1.36 bits per heavy atom. The molecule has 1 amide bonds. The van der Waals surface area contributed by atoms with Crippen molar-refractivity contribution in [3.05, 3.63) is 33.9 Å². The highest BCUT2D eigenvalue weighted by Gasteiger charge is 2.27. The first-order valence-electron chi connectivity index (χ1n) is 7.87. The molecular weight excluding hydrogens is 332 g/mol. The van der Waals surface area contributed by atoms with E-state index in [1.807, 2.05) is 0 Å². The lowest BCUT2D eigenvalue weighted by atomic mass is 10.1. The Labute approximate surface area is 145 Å². The van der Waals surface area contributed by atoms with Gasteiger partial charge in [0.1, 0.15) is 18.0 Å². The molecule has 1 fully saturated rings. The number of nitrogens with one attached hydrogen (secondary N) is 1. The predicted molar refractivity (Wildman–Crippen MR) is 87.5 cm³/mol. The molecule has 1 aliphatic rings. The summed E-state index contributed by atoms with van der Waals surface area (Å²) in [5.41, 5.74) is -0.356. The maximum Gasteiger partial charge on any atom is 0.407 e. The van der Waals surface area contributed by atoms with Gasteiger partial charge in [-0.2, -0.15) is 0 Å². The molecule has 0 bridgehead atoms. The fourth-order valence-corrected chi connectivity index (χ4v) is 2.15. The molecule has 1 aliphatic heterocycles. The van der Waals surface area contributed by atoms with Crippen molar-refractivity contribution in [3.8, 4) is 5.75 Å². The first-order chi connectivity index (χ1) is 11.8. The summed E-state index contributed by atoms with van der Waals surface area (Å²) in [6.45, 7) is 6.50. The number of hydrogen-bond acceptors (Lipinski definition) is 7. The van der Waals surface area contributed by atoms with Crippen LogP contribution in [0.1, 0.15) is 32.6 Å². The van der Waals surface area contributed by atoms with Crippen LogP contribution in [0.4, 0.5) is 10.5 Å². The summed E-state index contributed by atoms with van der Waals surface area (Å²) in [5.74, 6) is 0.422. The maximum atomic E-state index is 11.5. The SMILES string of the molecule is CC(C)(C)OC(=O)NCCOc1ccc([N+](=O)[O-])c(C2OCCO2)c1. The summed E-state index contributed by atoms with van der Waals surface area (Å²) in [4.78, 5) is 22.2. The Morgan fingerprint density at radius 3 is 2.64 bits per heavy atom. The van der Waals surface area contributed by atoms with Crippen molar-refractivity contribution in [1.82, 2.24) is 5.32 Å². The van der Waals surface area contributed by atoms with E-state index in [1.165, 1.54) is 18.2 Å². The van der Waals surface area contributed by atoms with Crippen LogP contribution in [-0.4, -0.2) is 43.0 Å². The largest absolute Gasteiger partial charge is 0.492 e. The van der Waals surface area contributed by atoms with Gasteiger partial charge in [0.2, 0.25) is 0 Å². The molecule has 2 rings (SSSR count). The zero-order valence-electron chi connectivity index (χ0n) is 14.4.